The van der Waals surface area contributed by atoms with Gasteiger partial charge in [0.2, 0.25) is 5.43 Å². The molecule has 0 aliphatic carbocycles. The Labute approximate surface area is 180 Å². The molecule has 5 rings (SSSR count). The third-order valence-electron chi connectivity index (χ3n) is 6.33. The van der Waals surface area contributed by atoms with Crippen LogP contribution in [-0.4, -0.2) is 18.9 Å². The first kappa shape index (κ1) is 19.5. The van der Waals surface area contributed by atoms with Gasteiger partial charge in [-0.05, 0) is 36.2 Å². The van der Waals surface area contributed by atoms with Gasteiger partial charge in [0.25, 0.3) is 0 Å². The first-order chi connectivity index (χ1) is 14.7. The zero-order valence-electron chi connectivity index (χ0n) is 17.1. The standard InChI is InChI=1S/C24H25NO3SSi/c1-2-15-12-16-22(27)17(24-25-19-8-4-5-9-20(19)29-24)13-28-23(16)18(21(15)26)14-30-10-6-3-7-11-30/h4-5,8-9,12-13,26,30H,2-3,6-7,10-11,14H2,1H3. The lowest BCUT2D eigenvalue weighted by atomic mass is 10.0. The molecule has 0 unspecified atom stereocenters. The minimum absolute atomic E-state index is 0.0587. The molecule has 4 aromatic rings. The van der Waals surface area contributed by atoms with Gasteiger partial charge >= 0.3 is 0 Å². The van der Waals surface area contributed by atoms with E-state index in [1.807, 2.05) is 37.3 Å². The van der Waals surface area contributed by atoms with Gasteiger partial charge < -0.3 is 9.52 Å². The third kappa shape index (κ3) is 3.38. The molecule has 0 radical (unpaired) electrons. The fourth-order valence-corrected chi connectivity index (χ4v) is 9.02. The van der Waals surface area contributed by atoms with E-state index in [1.165, 1.54) is 42.7 Å². The summed E-state index contributed by atoms with van der Waals surface area (Å²) in [7, 11) is -0.960. The normalized spacial score (nSPS) is 15.2. The summed E-state index contributed by atoms with van der Waals surface area (Å²) in [4.78, 5) is 18.1. The van der Waals surface area contributed by atoms with E-state index in [-0.39, 0.29) is 5.43 Å². The Hall–Kier alpha value is -2.44. The zero-order valence-corrected chi connectivity index (χ0v) is 19.1. The number of hydrogen-bond acceptors (Lipinski definition) is 5. The van der Waals surface area contributed by atoms with Crippen molar-refractivity contribution in [1.29, 1.82) is 0 Å². The van der Waals surface area contributed by atoms with E-state index in [2.05, 4.69) is 4.98 Å². The van der Waals surface area contributed by atoms with Gasteiger partial charge in [0, 0.05) is 14.4 Å². The molecule has 1 saturated heterocycles. The fourth-order valence-electron chi connectivity index (χ4n) is 4.67. The molecule has 6 heteroatoms. The quantitative estimate of drug-likeness (QED) is 0.410. The van der Waals surface area contributed by atoms with E-state index in [4.69, 9.17) is 4.42 Å². The molecule has 3 heterocycles. The number of fused-ring (bicyclic) bond motifs is 2. The Balaban J connectivity index is 1.67. The van der Waals surface area contributed by atoms with Crippen LogP contribution in [0, 0.1) is 0 Å². The largest absolute Gasteiger partial charge is 0.507 e. The fraction of sp³-hybridized carbons (Fsp3) is 0.333. The first-order valence-corrected chi connectivity index (χ1v) is 14.1. The number of aryl methyl sites for hydroxylation is 1. The van der Waals surface area contributed by atoms with Crippen molar-refractivity contribution in [1.82, 2.24) is 4.98 Å². The van der Waals surface area contributed by atoms with Crippen molar-refractivity contribution in [2.45, 2.75) is 50.7 Å². The van der Waals surface area contributed by atoms with Crippen LogP contribution in [0.1, 0.15) is 37.3 Å². The lowest BCUT2D eigenvalue weighted by Gasteiger charge is -2.21. The second-order valence-electron chi connectivity index (χ2n) is 8.27. The average Bonchev–Trinajstić information content (AvgIpc) is 3.20. The minimum atomic E-state index is -0.960. The molecule has 1 aliphatic rings. The highest BCUT2D eigenvalue weighted by Crippen LogP contribution is 2.35. The zero-order chi connectivity index (χ0) is 20.7. The molecule has 0 saturated carbocycles. The first-order valence-electron chi connectivity index (χ1n) is 10.8. The van der Waals surface area contributed by atoms with Crippen LogP contribution in [0.3, 0.4) is 0 Å². The number of rotatable bonds is 4. The molecule has 4 nitrogen and oxygen atoms in total. The summed E-state index contributed by atoms with van der Waals surface area (Å²) in [6, 6.07) is 13.2. The van der Waals surface area contributed by atoms with Crippen molar-refractivity contribution in [2.24, 2.45) is 0 Å². The number of phenolic OH excluding ortho intramolecular Hbond substituents is 1. The van der Waals surface area contributed by atoms with Gasteiger partial charge in [-0.25, -0.2) is 4.98 Å². The topological polar surface area (TPSA) is 63.3 Å². The van der Waals surface area contributed by atoms with Crippen molar-refractivity contribution in [3.05, 3.63) is 57.9 Å². The van der Waals surface area contributed by atoms with E-state index < -0.39 is 8.80 Å². The van der Waals surface area contributed by atoms with Gasteiger partial charge in [-0.2, -0.15) is 0 Å². The summed E-state index contributed by atoms with van der Waals surface area (Å²) < 4.78 is 7.11. The Morgan fingerprint density at radius 1 is 1.20 bits per heavy atom. The van der Waals surface area contributed by atoms with Crippen LogP contribution in [0.4, 0.5) is 0 Å². The van der Waals surface area contributed by atoms with Crippen molar-refractivity contribution < 1.29 is 9.52 Å². The van der Waals surface area contributed by atoms with Crippen LogP contribution in [0.15, 0.2) is 45.8 Å². The lowest BCUT2D eigenvalue weighted by molar-refractivity contribution is 0.462. The Bertz CT molecular complexity index is 1250. The Kier molecular flexibility index (Phi) is 5.21. The van der Waals surface area contributed by atoms with Crippen molar-refractivity contribution in [3.8, 4) is 16.3 Å². The molecule has 2 aromatic carbocycles. The second kappa shape index (κ2) is 8.00. The number of aromatic nitrogens is 1. The Morgan fingerprint density at radius 3 is 2.77 bits per heavy atom. The maximum absolute atomic E-state index is 13.5. The number of nitrogens with zero attached hydrogens (tertiary/aromatic N) is 1. The van der Waals surface area contributed by atoms with Gasteiger partial charge in [0.15, 0.2) is 0 Å². The number of hydrogen-bond donors (Lipinski definition) is 1. The molecule has 1 N–H and O–H groups in total. The summed E-state index contributed by atoms with van der Waals surface area (Å²) in [6.45, 7) is 2.02. The van der Waals surface area contributed by atoms with Gasteiger partial charge in [-0.15, -0.1) is 11.3 Å². The second-order valence-corrected chi connectivity index (χ2v) is 12.6. The molecule has 1 aliphatic heterocycles. The molecule has 0 spiro atoms. The summed E-state index contributed by atoms with van der Waals surface area (Å²) in [6.07, 6.45) is 6.15. The highest BCUT2D eigenvalue weighted by molar-refractivity contribution is 7.21. The average molecular weight is 436 g/mol. The minimum Gasteiger partial charge on any atom is -0.507 e. The van der Waals surface area contributed by atoms with Crippen molar-refractivity contribution in [2.75, 3.05) is 0 Å². The molecule has 154 valence electrons. The summed E-state index contributed by atoms with van der Waals surface area (Å²) in [5, 5.41) is 12.2. The van der Waals surface area contributed by atoms with E-state index in [1.54, 1.807) is 6.26 Å². The van der Waals surface area contributed by atoms with Crippen LogP contribution in [0.2, 0.25) is 12.1 Å². The summed E-state index contributed by atoms with van der Waals surface area (Å²) in [5.41, 5.74) is 3.58. The molecular formula is C24H25NO3SSi. The number of phenols is 1. The summed E-state index contributed by atoms with van der Waals surface area (Å²) >= 11 is 1.51. The number of para-hydroxylation sites is 1. The van der Waals surface area contributed by atoms with Crippen LogP contribution in [-0.2, 0) is 12.5 Å². The van der Waals surface area contributed by atoms with Crippen molar-refractivity contribution >= 4 is 41.3 Å². The summed E-state index contributed by atoms with van der Waals surface area (Å²) in [5.74, 6) is 0.332. The Morgan fingerprint density at radius 2 is 2.00 bits per heavy atom. The van der Waals surface area contributed by atoms with E-state index in [9.17, 15) is 9.90 Å². The predicted octanol–water partition coefficient (Wildman–Crippen LogP) is 5.83. The predicted molar refractivity (Wildman–Crippen MR) is 126 cm³/mol. The monoisotopic (exact) mass is 435 g/mol. The number of benzene rings is 2. The highest BCUT2D eigenvalue weighted by atomic mass is 32.1. The van der Waals surface area contributed by atoms with Crippen LogP contribution >= 0.6 is 11.3 Å². The molecule has 0 amide bonds. The molecule has 2 aromatic heterocycles. The van der Waals surface area contributed by atoms with E-state index >= 15 is 0 Å². The van der Waals surface area contributed by atoms with Gasteiger partial charge in [0.1, 0.15) is 22.6 Å². The SMILES string of the molecule is CCc1cc2c(=O)c(-c3nc4ccccc4s3)coc2c(C[SiH]2CCCCC2)c1O. The molecular weight excluding hydrogens is 410 g/mol. The smallest absolute Gasteiger partial charge is 0.202 e. The van der Waals surface area contributed by atoms with Crippen LogP contribution in [0.5, 0.6) is 5.75 Å². The van der Waals surface area contributed by atoms with E-state index in [0.29, 0.717) is 33.7 Å². The maximum atomic E-state index is 13.5. The van der Waals surface area contributed by atoms with Crippen LogP contribution < -0.4 is 5.43 Å². The number of thiazole rings is 1. The molecule has 30 heavy (non-hydrogen) atoms. The third-order valence-corrected chi connectivity index (χ3v) is 10.8. The maximum Gasteiger partial charge on any atom is 0.202 e. The van der Waals surface area contributed by atoms with Gasteiger partial charge in [0.05, 0.1) is 21.2 Å². The highest BCUT2D eigenvalue weighted by Gasteiger charge is 2.23. The number of aromatic hydroxyl groups is 1. The molecule has 0 bridgehead atoms. The van der Waals surface area contributed by atoms with E-state index in [0.717, 1.165) is 27.4 Å². The van der Waals surface area contributed by atoms with Crippen LogP contribution in [0.25, 0.3) is 31.8 Å². The van der Waals surface area contributed by atoms with Crippen molar-refractivity contribution in [3.63, 3.8) is 0 Å². The lowest BCUT2D eigenvalue weighted by Crippen LogP contribution is -2.20. The molecule has 0 atom stereocenters. The molecule has 1 fully saturated rings. The van der Waals surface area contributed by atoms with Gasteiger partial charge in [-0.3, -0.25) is 4.79 Å². The van der Waals surface area contributed by atoms with Gasteiger partial charge in [-0.1, -0.05) is 50.4 Å².